The summed E-state index contributed by atoms with van der Waals surface area (Å²) >= 11 is 13.0. The van der Waals surface area contributed by atoms with E-state index < -0.39 is 0 Å². The third-order valence-corrected chi connectivity index (χ3v) is 25.7. The van der Waals surface area contributed by atoms with E-state index in [0.29, 0.717) is 78.8 Å². The second-order valence-corrected chi connectivity index (χ2v) is 35.3. The third kappa shape index (κ3) is 36.8. The molecule has 12 atom stereocenters. The largest absolute Gasteiger partial charge is 0.356 e. The Morgan fingerprint density at radius 3 is 0.988 bits per heavy atom. The lowest BCUT2D eigenvalue weighted by atomic mass is 9.77. The number of hydrogen-bond acceptors (Lipinski definition) is 14. The van der Waals surface area contributed by atoms with Crippen molar-refractivity contribution in [2.45, 2.75) is 176 Å². The molecular weight excluding hydrogens is 1110 g/mol. The quantitative estimate of drug-likeness (QED) is 0.0568. The summed E-state index contributed by atoms with van der Waals surface area (Å²) in [4.78, 5) is 42.1. The topological polar surface area (TPSA) is 77.6 Å². The summed E-state index contributed by atoms with van der Waals surface area (Å²) in [6.45, 7) is 22.9. The third-order valence-electron chi connectivity index (χ3n) is 16.9. The van der Waals surface area contributed by atoms with E-state index in [-0.39, 0.29) is 11.8 Å². The van der Waals surface area contributed by atoms with Gasteiger partial charge in [0.05, 0.1) is 0 Å². The van der Waals surface area contributed by atoms with Crippen LogP contribution in [0.1, 0.15) is 144 Å². The number of amides is 2. The van der Waals surface area contributed by atoms with Gasteiger partial charge in [-0.15, -0.1) is 0 Å². The van der Waals surface area contributed by atoms with Crippen LogP contribution in [0.25, 0.3) is 0 Å². The van der Waals surface area contributed by atoms with Gasteiger partial charge in [-0.1, -0.05) is 54.4 Å². The summed E-state index contributed by atoms with van der Waals surface area (Å²) in [5, 5.41) is 10.7. The summed E-state index contributed by atoms with van der Waals surface area (Å²) in [6.07, 6.45) is 18.4. The highest BCUT2D eigenvalue weighted by Crippen LogP contribution is 2.44. The standard InChI is InChI=1S/C64H130N8O2S6/c1-49(2)59(77-37-31-69(11)12)25-23-51(5)61(79-39-33-71(15)16)45-53-41-55(47-57(43-53)75-35-29-67(7)8)63(73)65-27-21-19-20-22-28-66-64(74)56-42-54(44-58(48-56)76-36-30-68(9)10)46-62(80-40-34-72(17)18)52(6)24-26-60(50(3)4)78-38-32-70(13)14/h49-62H,19-48H2,1-18H3,(H,65,73)(H,66,74). The number of hydrogen-bond donors (Lipinski definition) is 2. The maximum atomic E-state index is 14.1. The number of carbonyl (C=O) groups excluding carboxylic acids is 2. The van der Waals surface area contributed by atoms with Crippen molar-refractivity contribution in [2.75, 3.05) is 171 Å². The Kier molecular flexibility index (Phi) is 43.4. The zero-order valence-electron chi connectivity index (χ0n) is 55.2. The van der Waals surface area contributed by atoms with E-state index in [9.17, 15) is 9.59 Å². The van der Waals surface area contributed by atoms with Crippen LogP contribution in [0.5, 0.6) is 0 Å². The minimum Gasteiger partial charge on any atom is -0.356 e. The number of nitrogens with one attached hydrogen (secondary N) is 2. The molecule has 2 saturated carbocycles. The van der Waals surface area contributed by atoms with Crippen molar-refractivity contribution < 1.29 is 9.59 Å². The van der Waals surface area contributed by atoms with Gasteiger partial charge in [0.25, 0.3) is 0 Å². The van der Waals surface area contributed by atoms with Gasteiger partial charge in [0.15, 0.2) is 0 Å². The molecule has 2 rings (SSSR count). The van der Waals surface area contributed by atoms with Crippen LogP contribution in [0.15, 0.2) is 0 Å². The number of rotatable bonds is 47. The highest BCUT2D eigenvalue weighted by atomic mass is 32.2. The number of thioether (sulfide) groups is 6. The van der Waals surface area contributed by atoms with Gasteiger partial charge in [0, 0.05) is 130 Å². The molecule has 0 heterocycles. The van der Waals surface area contributed by atoms with Gasteiger partial charge >= 0.3 is 0 Å². The lowest BCUT2D eigenvalue weighted by Gasteiger charge is -2.37. The molecule has 2 N–H and O–H groups in total. The number of carbonyl (C=O) groups is 2. The van der Waals surface area contributed by atoms with Crippen LogP contribution in [0.3, 0.4) is 0 Å². The van der Waals surface area contributed by atoms with E-state index in [0.717, 1.165) is 115 Å². The Morgan fingerprint density at radius 1 is 0.388 bits per heavy atom. The molecule has 0 aliphatic heterocycles. The molecule has 0 saturated heterocycles. The molecule has 0 aromatic carbocycles. The Bertz CT molecular complexity index is 1440. The SMILES string of the molecule is CC(C)C(CCC(C)C(CC1CC(SCCN(C)C)CC(C(=O)NCCCCCCNC(=O)C2CC(CC(SCCN(C)C)C(C)CCC(SCCN(C)C)C(C)C)CC(SCCN(C)C)C2)C1)SCCN(C)C)SCCN(C)C. The van der Waals surface area contributed by atoms with Crippen LogP contribution in [0.2, 0.25) is 0 Å². The molecule has 12 unspecified atom stereocenters. The molecule has 0 aromatic heterocycles. The van der Waals surface area contributed by atoms with Gasteiger partial charge in [-0.05, 0) is 210 Å². The zero-order valence-corrected chi connectivity index (χ0v) is 60.1. The van der Waals surface area contributed by atoms with Crippen molar-refractivity contribution in [3.8, 4) is 0 Å². The maximum Gasteiger partial charge on any atom is 0.223 e. The summed E-state index contributed by atoms with van der Waals surface area (Å²) in [5.74, 6) is 11.7. The lowest BCUT2D eigenvalue weighted by Crippen LogP contribution is -2.39. The van der Waals surface area contributed by atoms with Crippen LogP contribution in [-0.2, 0) is 9.59 Å². The van der Waals surface area contributed by atoms with Crippen molar-refractivity contribution in [2.24, 2.45) is 47.3 Å². The second-order valence-electron chi connectivity index (χ2n) is 27.0. The second kappa shape index (κ2) is 45.1. The summed E-state index contributed by atoms with van der Waals surface area (Å²) in [5.41, 5.74) is 0. The van der Waals surface area contributed by atoms with Crippen LogP contribution < -0.4 is 10.6 Å². The summed E-state index contributed by atoms with van der Waals surface area (Å²) in [7, 11) is 26.3. The van der Waals surface area contributed by atoms with Crippen LogP contribution in [0, 0.1) is 47.3 Å². The lowest BCUT2D eigenvalue weighted by molar-refractivity contribution is -0.127. The first-order chi connectivity index (χ1) is 37.9. The molecule has 2 aliphatic carbocycles. The van der Waals surface area contributed by atoms with Gasteiger partial charge in [-0.2, -0.15) is 70.6 Å². The fourth-order valence-electron chi connectivity index (χ4n) is 11.5. The predicted octanol–water partition coefficient (Wildman–Crippen LogP) is 12.5. The van der Waals surface area contributed by atoms with Crippen molar-refractivity contribution in [1.29, 1.82) is 0 Å². The van der Waals surface area contributed by atoms with Crippen molar-refractivity contribution in [3.63, 3.8) is 0 Å². The van der Waals surface area contributed by atoms with Gasteiger partial charge in [-0.3, -0.25) is 9.59 Å². The Hall–Kier alpha value is 0.800. The van der Waals surface area contributed by atoms with Crippen molar-refractivity contribution in [1.82, 2.24) is 40.0 Å². The molecule has 0 radical (unpaired) electrons. The Labute approximate surface area is 522 Å². The molecule has 0 bridgehead atoms. The van der Waals surface area contributed by atoms with E-state index in [4.69, 9.17) is 0 Å². The number of unbranched alkanes of at least 4 members (excludes halogenated alkanes) is 3. The molecule has 2 fully saturated rings. The fourth-order valence-corrected chi connectivity index (χ4v) is 20.9. The molecule has 80 heavy (non-hydrogen) atoms. The highest BCUT2D eigenvalue weighted by molar-refractivity contribution is 8.01. The minimum absolute atomic E-state index is 0.105. The van der Waals surface area contributed by atoms with Gasteiger partial charge < -0.3 is 40.0 Å². The van der Waals surface area contributed by atoms with Gasteiger partial charge in [-0.25, -0.2) is 0 Å². The molecule has 16 heteroatoms. The Morgan fingerprint density at radius 2 is 0.688 bits per heavy atom. The van der Waals surface area contributed by atoms with Gasteiger partial charge in [0.1, 0.15) is 0 Å². The van der Waals surface area contributed by atoms with Crippen LogP contribution in [-0.4, -0.2) is 244 Å². The first-order valence-corrected chi connectivity index (χ1v) is 38.4. The average molecular weight is 1240 g/mol. The normalized spacial score (nSPS) is 22.5. The van der Waals surface area contributed by atoms with E-state index in [1.54, 1.807) is 0 Å². The van der Waals surface area contributed by atoms with Crippen molar-refractivity contribution >= 4 is 82.4 Å². The molecule has 0 aromatic rings. The molecule has 2 amide bonds. The molecule has 474 valence electrons. The highest BCUT2D eigenvalue weighted by Gasteiger charge is 2.37. The monoisotopic (exact) mass is 1230 g/mol. The fraction of sp³-hybridized carbons (Fsp3) is 0.969. The first kappa shape index (κ1) is 76.9. The first-order valence-electron chi connectivity index (χ1n) is 32.1. The van der Waals surface area contributed by atoms with E-state index in [1.807, 2.05) is 0 Å². The molecule has 0 spiro atoms. The maximum absolute atomic E-state index is 14.1. The Balaban J connectivity index is 2.01. The van der Waals surface area contributed by atoms with Crippen molar-refractivity contribution in [3.05, 3.63) is 0 Å². The van der Waals surface area contributed by atoms with Crippen LogP contribution >= 0.6 is 70.6 Å². The minimum atomic E-state index is 0.105. The summed E-state index contributed by atoms with van der Waals surface area (Å²) in [6, 6.07) is 0. The van der Waals surface area contributed by atoms with E-state index in [2.05, 4.69) is 237 Å². The number of nitrogens with zero attached hydrogens (tertiary/aromatic N) is 6. The molecular formula is C64H130N8O2S6. The summed E-state index contributed by atoms with van der Waals surface area (Å²) < 4.78 is 0. The predicted molar refractivity (Wildman–Crippen MR) is 371 cm³/mol. The molecule has 2 aliphatic rings. The van der Waals surface area contributed by atoms with E-state index >= 15 is 0 Å². The average Bonchev–Trinajstić information content (AvgIpc) is 3.37. The van der Waals surface area contributed by atoms with Gasteiger partial charge in [0.2, 0.25) is 11.8 Å². The smallest absolute Gasteiger partial charge is 0.223 e. The zero-order chi connectivity index (χ0) is 59.6. The van der Waals surface area contributed by atoms with E-state index in [1.165, 1.54) is 74.4 Å². The van der Waals surface area contributed by atoms with Crippen LogP contribution in [0.4, 0.5) is 0 Å². The molecule has 10 nitrogen and oxygen atoms in total.